The van der Waals surface area contributed by atoms with Crippen LogP contribution >= 0.6 is 0 Å². The zero-order valence-corrected chi connectivity index (χ0v) is 12.2. The number of benzene rings is 1. The SMILES string of the molecule is CCC(C)N1CCC(CS(=O)(=O)c2ccccc2)=N1. The molecule has 4 nitrogen and oxygen atoms in total. The molecular weight excluding hydrogens is 260 g/mol. The first kappa shape index (κ1) is 14.1. The van der Waals surface area contributed by atoms with Gasteiger partial charge in [-0.2, -0.15) is 5.10 Å². The van der Waals surface area contributed by atoms with Crippen LogP contribution in [0.15, 0.2) is 40.3 Å². The van der Waals surface area contributed by atoms with E-state index in [0.29, 0.717) is 10.9 Å². The number of rotatable bonds is 5. The van der Waals surface area contributed by atoms with Gasteiger partial charge >= 0.3 is 0 Å². The largest absolute Gasteiger partial charge is 0.294 e. The van der Waals surface area contributed by atoms with E-state index >= 15 is 0 Å². The first-order valence-electron chi connectivity index (χ1n) is 6.63. The Morgan fingerprint density at radius 1 is 1.32 bits per heavy atom. The molecule has 0 spiro atoms. The van der Waals surface area contributed by atoms with Crippen LogP contribution < -0.4 is 0 Å². The van der Waals surface area contributed by atoms with Crippen LogP contribution in [0.25, 0.3) is 0 Å². The molecule has 1 heterocycles. The minimum atomic E-state index is -3.26. The number of hydrogen-bond donors (Lipinski definition) is 0. The first-order chi connectivity index (χ1) is 9.03. The predicted molar refractivity (Wildman–Crippen MR) is 77.0 cm³/mol. The van der Waals surface area contributed by atoms with Gasteiger partial charge in [-0.1, -0.05) is 25.1 Å². The van der Waals surface area contributed by atoms with E-state index < -0.39 is 9.84 Å². The molecule has 1 aliphatic rings. The van der Waals surface area contributed by atoms with Crippen molar-refractivity contribution in [1.82, 2.24) is 5.01 Å². The molecule has 5 heteroatoms. The fourth-order valence-corrected chi connectivity index (χ4v) is 3.47. The molecule has 0 saturated heterocycles. The van der Waals surface area contributed by atoms with Crippen molar-refractivity contribution < 1.29 is 8.42 Å². The Bertz CT molecular complexity index is 552. The molecule has 2 rings (SSSR count). The highest BCUT2D eigenvalue weighted by Gasteiger charge is 2.23. The third-order valence-electron chi connectivity index (χ3n) is 3.46. The Morgan fingerprint density at radius 3 is 2.63 bits per heavy atom. The molecule has 1 atom stereocenters. The van der Waals surface area contributed by atoms with Gasteiger partial charge in [0.15, 0.2) is 9.84 Å². The average molecular weight is 280 g/mol. The van der Waals surface area contributed by atoms with E-state index in [2.05, 4.69) is 18.9 Å². The van der Waals surface area contributed by atoms with E-state index in [1.54, 1.807) is 24.3 Å². The van der Waals surface area contributed by atoms with Crippen LogP contribution in [0.1, 0.15) is 26.7 Å². The second-order valence-electron chi connectivity index (χ2n) is 4.91. The van der Waals surface area contributed by atoms with Crippen LogP contribution in [0.3, 0.4) is 0 Å². The molecule has 1 aromatic carbocycles. The second kappa shape index (κ2) is 5.74. The maximum Gasteiger partial charge on any atom is 0.183 e. The van der Waals surface area contributed by atoms with Crippen LogP contribution in [0.4, 0.5) is 0 Å². The maximum atomic E-state index is 12.2. The Morgan fingerprint density at radius 2 is 2.00 bits per heavy atom. The minimum absolute atomic E-state index is 0.0317. The number of nitrogens with zero attached hydrogens (tertiary/aromatic N) is 2. The zero-order valence-electron chi connectivity index (χ0n) is 11.4. The molecule has 19 heavy (non-hydrogen) atoms. The van der Waals surface area contributed by atoms with Crippen LogP contribution in [0, 0.1) is 0 Å². The summed E-state index contributed by atoms with van der Waals surface area (Å²) in [6.07, 6.45) is 1.76. The van der Waals surface area contributed by atoms with Crippen molar-refractivity contribution in [2.45, 2.75) is 37.6 Å². The molecular formula is C14H20N2O2S. The van der Waals surface area contributed by atoms with E-state index in [9.17, 15) is 8.42 Å². The standard InChI is InChI=1S/C14H20N2O2S/c1-3-12(2)16-10-9-13(15-16)11-19(17,18)14-7-5-4-6-8-14/h4-8,12H,3,9-11H2,1-2H3. The van der Waals surface area contributed by atoms with Gasteiger partial charge in [-0.05, 0) is 25.5 Å². The topological polar surface area (TPSA) is 49.7 Å². The van der Waals surface area contributed by atoms with Crippen LogP contribution in [0.2, 0.25) is 0 Å². The van der Waals surface area contributed by atoms with Crippen LogP contribution in [0.5, 0.6) is 0 Å². The van der Waals surface area contributed by atoms with Crippen molar-refractivity contribution in [2.75, 3.05) is 12.3 Å². The summed E-state index contributed by atoms with van der Waals surface area (Å²) in [6.45, 7) is 5.05. The van der Waals surface area contributed by atoms with Gasteiger partial charge in [0.1, 0.15) is 0 Å². The van der Waals surface area contributed by atoms with E-state index in [1.165, 1.54) is 0 Å². The lowest BCUT2D eigenvalue weighted by Gasteiger charge is -2.20. The molecule has 0 radical (unpaired) electrons. The van der Waals surface area contributed by atoms with E-state index in [0.717, 1.165) is 25.1 Å². The average Bonchev–Trinajstić information content (AvgIpc) is 2.86. The van der Waals surface area contributed by atoms with Crippen molar-refractivity contribution >= 4 is 15.5 Å². The van der Waals surface area contributed by atoms with Crippen LogP contribution in [-0.2, 0) is 9.84 Å². The Kier molecular flexibility index (Phi) is 4.24. The minimum Gasteiger partial charge on any atom is -0.294 e. The third-order valence-corrected chi connectivity index (χ3v) is 5.16. The summed E-state index contributed by atoms with van der Waals surface area (Å²) in [6, 6.07) is 8.95. The molecule has 0 aliphatic carbocycles. The highest BCUT2D eigenvalue weighted by atomic mass is 32.2. The highest BCUT2D eigenvalue weighted by Crippen LogP contribution is 2.17. The number of hydrazone groups is 1. The lowest BCUT2D eigenvalue weighted by Crippen LogP contribution is -2.24. The summed E-state index contributed by atoms with van der Waals surface area (Å²) in [7, 11) is -3.26. The molecule has 1 aliphatic heterocycles. The molecule has 1 unspecified atom stereocenters. The van der Waals surface area contributed by atoms with Gasteiger partial charge in [0.2, 0.25) is 0 Å². The third kappa shape index (κ3) is 3.35. The zero-order chi connectivity index (χ0) is 13.9. The molecule has 104 valence electrons. The summed E-state index contributed by atoms with van der Waals surface area (Å²) >= 11 is 0. The fourth-order valence-electron chi connectivity index (χ4n) is 2.09. The molecule has 0 saturated carbocycles. The van der Waals surface area contributed by atoms with Crippen molar-refractivity contribution in [2.24, 2.45) is 5.10 Å². The lowest BCUT2D eigenvalue weighted by atomic mass is 10.2. The Hall–Kier alpha value is -1.36. The Balaban J connectivity index is 2.10. The maximum absolute atomic E-state index is 12.2. The molecule has 0 aromatic heterocycles. The number of sulfone groups is 1. The second-order valence-corrected chi connectivity index (χ2v) is 6.90. The highest BCUT2D eigenvalue weighted by molar-refractivity contribution is 7.92. The monoisotopic (exact) mass is 280 g/mol. The fraction of sp³-hybridized carbons (Fsp3) is 0.500. The van der Waals surface area contributed by atoms with Gasteiger partial charge in [-0.15, -0.1) is 0 Å². The molecule has 0 fully saturated rings. The Labute approximate surface area is 115 Å². The summed E-state index contributed by atoms with van der Waals surface area (Å²) in [4.78, 5) is 0.375. The predicted octanol–water partition coefficient (Wildman–Crippen LogP) is 2.32. The molecule has 1 aromatic rings. The molecule has 0 N–H and O–H groups in total. The first-order valence-corrected chi connectivity index (χ1v) is 8.29. The van der Waals surface area contributed by atoms with Crippen molar-refractivity contribution in [1.29, 1.82) is 0 Å². The smallest absolute Gasteiger partial charge is 0.183 e. The molecule has 0 bridgehead atoms. The quantitative estimate of drug-likeness (QED) is 0.831. The summed E-state index contributed by atoms with van der Waals surface area (Å²) in [5, 5.41) is 6.44. The van der Waals surface area contributed by atoms with Gasteiger partial charge in [0.05, 0.1) is 16.4 Å². The van der Waals surface area contributed by atoms with Gasteiger partial charge < -0.3 is 0 Å². The summed E-state index contributed by atoms with van der Waals surface area (Å²) in [5.74, 6) is 0.0317. The van der Waals surface area contributed by atoms with Gasteiger partial charge in [-0.3, -0.25) is 5.01 Å². The normalized spacial score (nSPS) is 17.4. The van der Waals surface area contributed by atoms with E-state index in [4.69, 9.17) is 0 Å². The van der Waals surface area contributed by atoms with Gasteiger partial charge in [0.25, 0.3) is 0 Å². The van der Waals surface area contributed by atoms with Crippen molar-refractivity contribution in [3.05, 3.63) is 30.3 Å². The summed E-state index contributed by atoms with van der Waals surface area (Å²) < 4.78 is 24.5. The van der Waals surface area contributed by atoms with Crippen LogP contribution in [-0.4, -0.2) is 37.5 Å². The number of hydrogen-bond acceptors (Lipinski definition) is 4. The van der Waals surface area contributed by atoms with E-state index in [-0.39, 0.29) is 5.75 Å². The van der Waals surface area contributed by atoms with Gasteiger partial charge in [-0.25, -0.2) is 8.42 Å². The van der Waals surface area contributed by atoms with E-state index in [1.807, 2.05) is 11.1 Å². The lowest BCUT2D eigenvalue weighted by molar-refractivity contribution is 0.236. The van der Waals surface area contributed by atoms with Crippen molar-refractivity contribution in [3.8, 4) is 0 Å². The summed E-state index contributed by atoms with van der Waals surface area (Å²) in [5.41, 5.74) is 0.768. The molecule has 0 amide bonds. The van der Waals surface area contributed by atoms with Gasteiger partial charge in [0, 0.05) is 19.0 Å². The van der Waals surface area contributed by atoms with Crippen molar-refractivity contribution in [3.63, 3.8) is 0 Å².